The third-order valence-electron chi connectivity index (χ3n) is 3.58. The molecule has 1 atom stereocenters. The van der Waals surface area contributed by atoms with Gasteiger partial charge in [0.15, 0.2) is 10.6 Å². The molecule has 0 amide bonds. The van der Waals surface area contributed by atoms with Gasteiger partial charge in [-0.05, 0) is 36.8 Å². The molecule has 2 rings (SSSR count). The molecule has 28 heavy (non-hydrogen) atoms. The van der Waals surface area contributed by atoms with Crippen molar-refractivity contribution >= 4 is 26.0 Å². The lowest BCUT2D eigenvalue weighted by Gasteiger charge is -2.40. The lowest BCUT2D eigenvalue weighted by molar-refractivity contribution is 0.0599. The Morgan fingerprint density at radius 3 is 2.21 bits per heavy atom. The second-order valence-electron chi connectivity index (χ2n) is 5.95. The molecule has 156 valence electrons. The van der Waals surface area contributed by atoms with Gasteiger partial charge in [0.1, 0.15) is 10.6 Å². The summed E-state index contributed by atoms with van der Waals surface area (Å²) in [7, 11) is -12.6. The average molecular weight is 447 g/mol. The van der Waals surface area contributed by atoms with Crippen LogP contribution in [0.4, 0.5) is 19.4 Å². The Kier molecular flexibility index (Phi) is 4.77. The number of esters is 1. The summed E-state index contributed by atoms with van der Waals surface area (Å²) in [4.78, 5) is 9.20. The van der Waals surface area contributed by atoms with E-state index in [9.17, 15) is 32.6 Å². The van der Waals surface area contributed by atoms with E-state index in [0.717, 1.165) is 37.6 Å². The predicted octanol–water partition coefficient (Wildman–Crippen LogP) is 5.79. The summed E-state index contributed by atoms with van der Waals surface area (Å²) >= 11 is 0. The van der Waals surface area contributed by atoms with Gasteiger partial charge in [-0.3, -0.25) is 0 Å². The maximum Gasteiger partial charge on any atom is 0.338 e. The molecule has 1 N–H and O–H groups in total. The number of rotatable bonds is 5. The first-order valence-electron chi connectivity index (χ1n) is 7.39. The fraction of sp³-hybridized carbons (Fsp3) is 0.188. The van der Waals surface area contributed by atoms with Gasteiger partial charge in [-0.15, -0.1) is 0 Å². The van der Waals surface area contributed by atoms with Gasteiger partial charge in [0, 0.05) is 6.07 Å². The van der Waals surface area contributed by atoms with Crippen molar-refractivity contribution in [3.8, 4) is 11.5 Å². The van der Waals surface area contributed by atoms with Crippen LogP contribution >= 0.6 is 10.2 Å². The summed E-state index contributed by atoms with van der Waals surface area (Å²) in [6.07, 6.45) is 0.900. The van der Waals surface area contributed by atoms with Crippen LogP contribution in [0.3, 0.4) is 0 Å². The van der Waals surface area contributed by atoms with Gasteiger partial charge in [-0.2, -0.15) is 4.21 Å². The maximum absolute atomic E-state index is 13.0. The van der Waals surface area contributed by atoms with E-state index in [1.165, 1.54) is 6.92 Å². The number of methoxy groups -OCH3 is 1. The van der Waals surface area contributed by atoms with E-state index in [2.05, 4.69) is 4.74 Å². The van der Waals surface area contributed by atoms with Crippen LogP contribution in [0, 0.1) is 6.92 Å². The van der Waals surface area contributed by atoms with Gasteiger partial charge >= 0.3 is 26.0 Å². The zero-order valence-corrected chi connectivity index (χ0v) is 16.4. The molecule has 0 aliphatic carbocycles. The van der Waals surface area contributed by atoms with Crippen LogP contribution in [0.2, 0.25) is 0 Å². The molecule has 2 aromatic rings. The Morgan fingerprint density at radius 2 is 1.71 bits per heavy atom. The van der Waals surface area contributed by atoms with Crippen molar-refractivity contribution in [2.75, 3.05) is 13.4 Å². The standard InChI is InChI=1S/C16H15F5O5S2/c1-10-7-14(15(27(3,23)24)9-13(10)16(22)25-2)26-11-5-4-6-12(8-11)28(17,18,19,20)21/h4-9H,1-3H3/p+1. The van der Waals surface area contributed by atoms with E-state index >= 15 is 0 Å². The molecule has 0 radical (unpaired) electrons. The highest BCUT2D eigenvalue weighted by Gasteiger charge is 2.65. The van der Waals surface area contributed by atoms with Crippen molar-refractivity contribution in [2.45, 2.75) is 16.7 Å². The molecule has 5 nitrogen and oxygen atoms in total. The molecular weight excluding hydrogens is 431 g/mol. The number of hydrogen-bond acceptors (Lipinski definition) is 4. The lowest BCUT2D eigenvalue weighted by atomic mass is 10.1. The van der Waals surface area contributed by atoms with Crippen LogP contribution in [0.15, 0.2) is 46.2 Å². The van der Waals surface area contributed by atoms with Crippen molar-refractivity contribution in [3.05, 3.63) is 47.5 Å². The second-order valence-corrected chi connectivity index (χ2v) is 10.4. The summed E-state index contributed by atoms with van der Waals surface area (Å²) in [5.74, 6) is -1.79. The number of carbonyl (C=O) groups excluding carboxylic acids is 1. The third-order valence-corrected chi connectivity index (χ3v) is 5.86. The van der Waals surface area contributed by atoms with Crippen LogP contribution in [-0.4, -0.2) is 27.8 Å². The first-order chi connectivity index (χ1) is 12.4. The first kappa shape index (κ1) is 22.0. The Bertz CT molecular complexity index is 1060. The molecule has 12 heteroatoms. The Balaban J connectivity index is 2.62. The Labute approximate surface area is 157 Å². The highest BCUT2D eigenvalue weighted by atomic mass is 32.5. The average Bonchev–Trinajstić information content (AvgIpc) is 2.51. The normalized spacial score (nSPS) is 16.4. The zero-order chi connectivity index (χ0) is 21.6. The van der Waals surface area contributed by atoms with E-state index in [-0.39, 0.29) is 29.0 Å². The first-order valence-corrected chi connectivity index (χ1v) is 11.3. The van der Waals surface area contributed by atoms with Crippen molar-refractivity contribution in [1.29, 1.82) is 0 Å². The minimum Gasteiger partial charge on any atom is -0.465 e. The zero-order valence-electron chi connectivity index (χ0n) is 14.8. The summed E-state index contributed by atoms with van der Waals surface area (Å²) in [5.41, 5.74) is 0.173. The van der Waals surface area contributed by atoms with E-state index in [1.54, 1.807) is 0 Å². The van der Waals surface area contributed by atoms with Gasteiger partial charge in [-0.25, -0.2) is 9.00 Å². The summed E-state index contributed by atoms with van der Waals surface area (Å²) < 4.78 is 96.7. The minimum absolute atomic E-state index is 0.0609. The predicted molar refractivity (Wildman–Crippen MR) is 94.7 cm³/mol. The quantitative estimate of drug-likeness (QED) is 0.330. The second kappa shape index (κ2) is 6.08. The molecule has 2 aromatic carbocycles. The summed E-state index contributed by atoms with van der Waals surface area (Å²) in [6, 6.07) is 4.15. The molecule has 0 bridgehead atoms. The van der Waals surface area contributed by atoms with Crippen molar-refractivity contribution in [1.82, 2.24) is 0 Å². The van der Waals surface area contributed by atoms with Crippen LogP contribution < -0.4 is 4.74 Å². The molecule has 0 aliphatic heterocycles. The van der Waals surface area contributed by atoms with Crippen LogP contribution in [0.1, 0.15) is 15.9 Å². The van der Waals surface area contributed by atoms with Gasteiger partial charge in [-0.1, -0.05) is 25.5 Å². The number of carbonyl (C=O) groups is 1. The number of halogens is 5. The molecule has 0 saturated heterocycles. The van der Waals surface area contributed by atoms with Crippen LogP contribution in [-0.2, 0) is 14.6 Å². The molecule has 0 spiro atoms. The third kappa shape index (κ3) is 4.93. The van der Waals surface area contributed by atoms with Crippen LogP contribution in [0.5, 0.6) is 11.5 Å². The molecule has 0 aliphatic rings. The van der Waals surface area contributed by atoms with Crippen molar-refractivity contribution in [3.63, 3.8) is 0 Å². The number of ether oxygens (including phenoxy) is 2. The molecule has 0 aromatic heterocycles. The van der Waals surface area contributed by atoms with Gasteiger partial charge in [0.05, 0.1) is 18.9 Å². The van der Waals surface area contributed by atoms with E-state index in [4.69, 9.17) is 4.74 Å². The number of benzene rings is 2. The number of aryl methyl sites for hydroxylation is 1. The fourth-order valence-corrected chi connectivity index (χ4v) is 3.76. The molecule has 0 saturated carbocycles. The SMILES string of the molecule is COC(=O)c1cc(S(C)(=O)=[OH+])c(Oc2cccc(S(F)(F)(F)(F)F)c2)cc1C. The number of hydrogen-bond donors (Lipinski definition) is 0. The van der Waals surface area contributed by atoms with E-state index in [1.807, 2.05) is 0 Å². The molecule has 0 heterocycles. The Morgan fingerprint density at radius 1 is 1.11 bits per heavy atom. The summed E-state index contributed by atoms with van der Waals surface area (Å²) in [5, 5.41) is 0. The maximum atomic E-state index is 13.0. The largest absolute Gasteiger partial charge is 0.465 e. The van der Waals surface area contributed by atoms with Gasteiger partial charge < -0.3 is 9.47 Å². The van der Waals surface area contributed by atoms with Crippen LogP contribution in [0.25, 0.3) is 0 Å². The van der Waals surface area contributed by atoms with Gasteiger partial charge in [0.25, 0.3) is 0 Å². The minimum atomic E-state index is -9.93. The molecular formula is C16H16F5O5S2+. The van der Waals surface area contributed by atoms with Crippen molar-refractivity contribution in [2.24, 2.45) is 0 Å². The smallest absolute Gasteiger partial charge is 0.338 e. The topological polar surface area (TPSA) is 74.0 Å². The molecule has 1 unspecified atom stereocenters. The van der Waals surface area contributed by atoms with E-state index < -0.39 is 41.6 Å². The monoisotopic (exact) mass is 447 g/mol. The van der Waals surface area contributed by atoms with E-state index in [0.29, 0.717) is 0 Å². The summed E-state index contributed by atoms with van der Waals surface area (Å²) in [6.45, 7) is 1.43. The molecule has 0 fully saturated rings. The fourth-order valence-electron chi connectivity index (χ4n) is 2.27. The lowest BCUT2D eigenvalue weighted by Crippen LogP contribution is -2.09. The van der Waals surface area contributed by atoms with Crippen molar-refractivity contribution < 1.29 is 42.1 Å². The highest BCUT2D eigenvalue weighted by molar-refractivity contribution is 8.45. The van der Waals surface area contributed by atoms with Gasteiger partial charge in [0.2, 0.25) is 0 Å². The Hall–Kier alpha value is -2.34. The highest BCUT2D eigenvalue weighted by Crippen LogP contribution is 3.02.